The molecule has 2 aliphatic rings. The summed E-state index contributed by atoms with van der Waals surface area (Å²) < 4.78 is 15.5. The van der Waals surface area contributed by atoms with E-state index in [9.17, 15) is 14.0 Å². The number of piperidine rings is 1. The van der Waals surface area contributed by atoms with E-state index in [0.717, 1.165) is 50.9 Å². The fraction of sp³-hybridized carbons (Fsp3) is 0.560. The fourth-order valence-electron chi connectivity index (χ4n) is 4.57. The molecule has 4 rings (SSSR count). The first-order valence-corrected chi connectivity index (χ1v) is 11.8. The highest BCUT2D eigenvalue weighted by atomic mass is 19.1. The molecule has 1 aromatic heterocycles. The summed E-state index contributed by atoms with van der Waals surface area (Å²) in [5, 5.41) is 7.60. The first-order chi connectivity index (χ1) is 15.3. The number of likely N-dealkylation sites (tertiary alicyclic amines) is 1. The van der Waals surface area contributed by atoms with Gasteiger partial charge < -0.3 is 10.2 Å². The molecule has 1 saturated heterocycles. The van der Waals surface area contributed by atoms with Gasteiger partial charge in [0.05, 0.1) is 5.69 Å². The lowest BCUT2D eigenvalue weighted by atomic mass is 9.96. The van der Waals surface area contributed by atoms with Crippen molar-refractivity contribution in [3.8, 4) is 11.1 Å². The summed E-state index contributed by atoms with van der Waals surface area (Å²) in [5.74, 6) is -0.0699. The Labute approximate surface area is 188 Å². The molecule has 32 heavy (non-hydrogen) atoms. The van der Waals surface area contributed by atoms with E-state index in [4.69, 9.17) is 0 Å². The molecule has 2 fully saturated rings. The van der Waals surface area contributed by atoms with Gasteiger partial charge in [0, 0.05) is 24.2 Å². The number of nitrogens with one attached hydrogen (secondary N) is 1. The molecular weight excluding hydrogens is 407 g/mol. The van der Waals surface area contributed by atoms with Crippen LogP contribution >= 0.6 is 0 Å². The summed E-state index contributed by atoms with van der Waals surface area (Å²) in [4.78, 5) is 27.8. The zero-order valence-electron chi connectivity index (χ0n) is 19.2. The molecule has 2 heterocycles. The van der Waals surface area contributed by atoms with Crippen molar-refractivity contribution in [2.75, 3.05) is 19.6 Å². The molecule has 1 aliphatic heterocycles. The second-order valence-electron chi connectivity index (χ2n) is 9.44. The number of carbonyl (C=O) groups is 1. The lowest BCUT2D eigenvalue weighted by Crippen LogP contribution is -2.48. The van der Waals surface area contributed by atoms with Gasteiger partial charge in [0.2, 0.25) is 5.91 Å². The average molecular weight is 441 g/mol. The van der Waals surface area contributed by atoms with Gasteiger partial charge >= 0.3 is 0 Å². The van der Waals surface area contributed by atoms with Gasteiger partial charge in [0.15, 0.2) is 0 Å². The van der Waals surface area contributed by atoms with E-state index in [1.807, 2.05) is 19.9 Å². The van der Waals surface area contributed by atoms with Crippen molar-refractivity contribution >= 4 is 5.91 Å². The zero-order valence-corrected chi connectivity index (χ0v) is 19.2. The van der Waals surface area contributed by atoms with Crippen LogP contribution in [0.25, 0.3) is 11.1 Å². The third-order valence-corrected chi connectivity index (χ3v) is 6.46. The second-order valence-corrected chi connectivity index (χ2v) is 9.44. The van der Waals surface area contributed by atoms with E-state index in [2.05, 4.69) is 22.2 Å². The Kier molecular flexibility index (Phi) is 6.74. The lowest BCUT2D eigenvalue weighted by molar-refractivity contribution is -0.123. The van der Waals surface area contributed by atoms with Crippen LogP contribution in [0.15, 0.2) is 29.1 Å². The third-order valence-electron chi connectivity index (χ3n) is 6.46. The molecule has 1 aliphatic carbocycles. The molecule has 0 spiro atoms. The summed E-state index contributed by atoms with van der Waals surface area (Å²) >= 11 is 0. The Morgan fingerprint density at radius 2 is 2.00 bits per heavy atom. The molecule has 7 heteroatoms. The molecule has 0 bridgehead atoms. The number of aromatic nitrogens is 2. The van der Waals surface area contributed by atoms with Crippen molar-refractivity contribution < 1.29 is 9.18 Å². The molecule has 0 radical (unpaired) electrons. The number of hydrogen-bond donors (Lipinski definition) is 1. The van der Waals surface area contributed by atoms with Crippen LogP contribution in [-0.4, -0.2) is 46.3 Å². The van der Waals surface area contributed by atoms with E-state index < -0.39 is 0 Å². The quantitative estimate of drug-likeness (QED) is 0.714. The summed E-state index contributed by atoms with van der Waals surface area (Å²) in [5.41, 5.74) is 2.65. The highest BCUT2D eigenvalue weighted by Gasteiger charge is 2.26. The minimum Gasteiger partial charge on any atom is -0.350 e. The molecule has 1 amide bonds. The number of hydrogen-bond acceptors (Lipinski definition) is 4. The molecule has 1 saturated carbocycles. The first-order valence-electron chi connectivity index (χ1n) is 11.8. The van der Waals surface area contributed by atoms with Gasteiger partial charge in [-0.15, -0.1) is 0 Å². The number of rotatable bonds is 7. The second kappa shape index (κ2) is 9.53. The molecule has 2 aromatic rings. The average Bonchev–Trinajstić information content (AvgIpc) is 3.60. The predicted octanol–water partition coefficient (Wildman–Crippen LogP) is 3.65. The maximum absolute atomic E-state index is 14.3. The maximum Gasteiger partial charge on any atom is 0.267 e. The monoisotopic (exact) mass is 440 g/mol. The van der Waals surface area contributed by atoms with E-state index >= 15 is 0 Å². The topological polar surface area (TPSA) is 67.2 Å². The molecule has 172 valence electrons. The summed E-state index contributed by atoms with van der Waals surface area (Å²) in [7, 11) is 0. The van der Waals surface area contributed by atoms with Gasteiger partial charge in [-0.1, -0.05) is 26.8 Å². The van der Waals surface area contributed by atoms with Gasteiger partial charge in [-0.3, -0.25) is 9.59 Å². The normalized spacial score (nSPS) is 19.3. The molecule has 6 nitrogen and oxygen atoms in total. The van der Waals surface area contributed by atoms with Gasteiger partial charge in [0.25, 0.3) is 5.56 Å². The van der Waals surface area contributed by atoms with Gasteiger partial charge in [0.1, 0.15) is 12.4 Å². The Balaban J connectivity index is 1.57. The van der Waals surface area contributed by atoms with Crippen LogP contribution in [-0.2, 0) is 11.3 Å². The van der Waals surface area contributed by atoms with E-state index in [1.165, 1.54) is 16.8 Å². The predicted molar refractivity (Wildman–Crippen MR) is 123 cm³/mol. The van der Waals surface area contributed by atoms with Crippen molar-refractivity contribution in [3.63, 3.8) is 0 Å². The van der Waals surface area contributed by atoms with Crippen LogP contribution in [0.3, 0.4) is 0 Å². The Morgan fingerprint density at radius 3 is 2.69 bits per heavy atom. The van der Waals surface area contributed by atoms with Gasteiger partial charge in [-0.05, 0) is 73.9 Å². The maximum atomic E-state index is 14.3. The standard InChI is InChI=1S/C25H33FN4O2/c1-4-29-9-5-6-21(14-29)27-23(31)15-30-24(32)13-22(25(28-30)16(2)3)19-10-18(17-7-8-17)11-20(26)12-19/h10-13,16-17,21H,4-9,14-15H2,1-3H3,(H,27,31). The fourth-order valence-corrected chi connectivity index (χ4v) is 4.57. The van der Waals surface area contributed by atoms with Gasteiger partial charge in [-0.25, -0.2) is 9.07 Å². The van der Waals surface area contributed by atoms with E-state index in [-0.39, 0.29) is 35.8 Å². The Morgan fingerprint density at radius 1 is 1.22 bits per heavy atom. The number of halogens is 1. The summed E-state index contributed by atoms with van der Waals surface area (Å²) in [6.45, 7) is 8.85. The summed E-state index contributed by atoms with van der Waals surface area (Å²) in [6.07, 6.45) is 4.15. The molecule has 1 N–H and O–H groups in total. The van der Waals surface area contributed by atoms with Crippen molar-refractivity contribution in [3.05, 3.63) is 51.7 Å². The Hall–Kier alpha value is -2.54. The van der Waals surface area contributed by atoms with Crippen LogP contribution in [0.5, 0.6) is 0 Å². The highest BCUT2D eigenvalue weighted by molar-refractivity contribution is 5.76. The zero-order chi connectivity index (χ0) is 22.8. The van der Waals surface area contributed by atoms with Crippen LogP contribution in [0, 0.1) is 5.82 Å². The first kappa shape index (κ1) is 22.6. The largest absolute Gasteiger partial charge is 0.350 e. The van der Waals surface area contributed by atoms with Crippen LogP contribution < -0.4 is 10.9 Å². The minimum atomic E-state index is -0.351. The lowest BCUT2D eigenvalue weighted by Gasteiger charge is -2.32. The number of carbonyl (C=O) groups excluding carboxylic acids is 1. The van der Waals surface area contributed by atoms with Crippen molar-refractivity contribution in [1.29, 1.82) is 0 Å². The number of nitrogens with zero attached hydrogens (tertiary/aromatic N) is 3. The van der Waals surface area contributed by atoms with E-state index in [0.29, 0.717) is 22.7 Å². The third kappa shape index (κ3) is 5.26. The van der Waals surface area contributed by atoms with Crippen molar-refractivity contribution in [2.45, 2.75) is 70.9 Å². The number of likely N-dealkylation sites (N-methyl/N-ethyl adjacent to an activating group) is 1. The minimum absolute atomic E-state index is 0.0176. The van der Waals surface area contributed by atoms with Crippen LogP contribution in [0.1, 0.15) is 69.5 Å². The molecule has 1 atom stereocenters. The van der Waals surface area contributed by atoms with E-state index in [1.54, 1.807) is 6.07 Å². The SMILES string of the molecule is CCN1CCCC(NC(=O)Cn2nc(C(C)C)c(-c3cc(F)cc(C4CC4)c3)cc2=O)C1. The Bertz CT molecular complexity index is 1040. The van der Waals surface area contributed by atoms with Crippen LogP contribution in [0.2, 0.25) is 0 Å². The van der Waals surface area contributed by atoms with Crippen molar-refractivity contribution in [2.24, 2.45) is 0 Å². The van der Waals surface area contributed by atoms with Gasteiger partial charge in [-0.2, -0.15) is 5.10 Å². The highest BCUT2D eigenvalue weighted by Crippen LogP contribution is 2.42. The van der Waals surface area contributed by atoms with Crippen LogP contribution in [0.4, 0.5) is 4.39 Å². The molecule has 1 unspecified atom stereocenters. The smallest absolute Gasteiger partial charge is 0.267 e. The molecule has 1 aromatic carbocycles. The van der Waals surface area contributed by atoms with Crippen molar-refractivity contribution in [1.82, 2.24) is 20.0 Å². The molecular formula is C25H33FN4O2. The number of benzene rings is 1. The number of amides is 1. The summed E-state index contributed by atoms with van der Waals surface area (Å²) in [6, 6.07) is 6.63.